The Bertz CT molecular complexity index is 499. The first-order valence-corrected chi connectivity index (χ1v) is 6.38. The van der Waals surface area contributed by atoms with Crippen molar-refractivity contribution in [3.8, 4) is 11.8 Å². The zero-order valence-corrected chi connectivity index (χ0v) is 11.1. The van der Waals surface area contributed by atoms with Crippen LogP contribution in [0.25, 0.3) is 0 Å². The number of pyridine rings is 1. The van der Waals surface area contributed by atoms with Crippen molar-refractivity contribution in [1.82, 2.24) is 4.98 Å². The molecule has 0 spiro atoms. The maximum atomic E-state index is 11.3. The molecular weight excluding hydrogens is 290 g/mol. The third-order valence-corrected chi connectivity index (χ3v) is 2.90. The molecule has 84 valence electrons. The number of aromatic nitrogens is 1. The fraction of sp³-hybridized carbons (Fsp3) is 0.273. The van der Waals surface area contributed by atoms with Crippen molar-refractivity contribution in [3.05, 3.63) is 32.7 Å². The van der Waals surface area contributed by atoms with Crippen molar-refractivity contribution < 1.29 is 4.79 Å². The second-order valence-electron chi connectivity index (χ2n) is 2.95. The molecule has 0 radical (unpaired) electrons. The Labute approximate surface area is 106 Å². The third kappa shape index (κ3) is 4.69. The zero-order chi connectivity index (χ0) is 12.0. The molecule has 0 aliphatic carbocycles. The Kier molecular flexibility index (Phi) is 5.36. The minimum atomic E-state index is -0.199. The largest absolute Gasteiger partial charge is 0.327 e. The Morgan fingerprint density at radius 2 is 2.38 bits per heavy atom. The third-order valence-electron chi connectivity index (χ3n) is 1.62. The molecule has 1 heterocycles. The van der Waals surface area contributed by atoms with Gasteiger partial charge in [0.25, 0.3) is 5.56 Å². The molecule has 0 atom stereocenters. The summed E-state index contributed by atoms with van der Waals surface area (Å²) in [7, 11) is 0. The van der Waals surface area contributed by atoms with Crippen LogP contribution < -0.4 is 5.56 Å². The first-order chi connectivity index (χ1) is 7.59. The van der Waals surface area contributed by atoms with E-state index in [0.29, 0.717) is 17.7 Å². The van der Waals surface area contributed by atoms with Crippen molar-refractivity contribution in [2.75, 3.05) is 5.75 Å². The number of halogens is 1. The van der Waals surface area contributed by atoms with E-state index in [2.05, 4.69) is 32.8 Å². The molecule has 16 heavy (non-hydrogen) atoms. The van der Waals surface area contributed by atoms with Crippen molar-refractivity contribution in [3.63, 3.8) is 0 Å². The fourth-order valence-electron chi connectivity index (χ4n) is 0.954. The van der Waals surface area contributed by atoms with Gasteiger partial charge in [-0.05, 0) is 22.0 Å². The molecule has 0 unspecified atom stereocenters. The lowest BCUT2D eigenvalue weighted by molar-refractivity contribution is -0.109. The van der Waals surface area contributed by atoms with Gasteiger partial charge in [-0.25, -0.2) is 0 Å². The molecule has 0 aliphatic rings. The number of aromatic amines is 1. The minimum absolute atomic E-state index is 0.0853. The molecular formula is C11H10BrNO2S. The van der Waals surface area contributed by atoms with Gasteiger partial charge in [-0.15, -0.1) is 0 Å². The molecule has 0 bridgehead atoms. The van der Waals surface area contributed by atoms with Crippen LogP contribution in [0.3, 0.4) is 0 Å². The van der Waals surface area contributed by atoms with Crippen molar-refractivity contribution in [1.29, 1.82) is 0 Å². The first kappa shape index (κ1) is 13.1. The fourth-order valence-corrected chi connectivity index (χ4v) is 1.79. The van der Waals surface area contributed by atoms with Gasteiger partial charge in [0.05, 0.1) is 5.56 Å². The van der Waals surface area contributed by atoms with Gasteiger partial charge in [-0.3, -0.25) is 9.59 Å². The highest BCUT2D eigenvalue weighted by molar-refractivity contribution is 9.10. The Balaban J connectivity index is 2.59. The van der Waals surface area contributed by atoms with E-state index in [0.717, 1.165) is 4.47 Å². The number of H-pyrrole nitrogens is 1. The van der Waals surface area contributed by atoms with Crippen molar-refractivity contribution in [2.24, 2.45) is 0 Å². The Morgan fingerprint density at radius 1 is 1.62 bits per heavy atom. The molecule has 0 aliphatic heterocycles. The SMILES string of the molecule is CC(=O)SCCC#Cc1cc(Br)c[nH]c1=O. The van der Waals surface area contributed by atoms with Crippen LogP contribution in [0.1, 0.15) is 18.9 Å². The molecule has 0 saturated carbocycles. The van der Waals surface area contributed by atoms with E-state index in [9.17, 15) is 9.59 Å². The van der Waals surface area contributed by atoms with E-state index in [4.69, 9.17) is 0 Å². The first-order valence-electron chi connectivity index (χ1n) is 4.60. The lowest BCUT2D eigenvalue weighted by Crippen LogP contribution is -2.08. The average molecular weight is 300 g/mol. The van der Waals surface area contributed by atoms with Gasteiger partial charge in [-0.1, -0.05) is 23.6 Å². The molecule has 0 saturated heterocycles. The summed E-state index contributed by atoms with van der Waals surface area (Å²) in [5.41, 5.74) is 0.233. The van der Waals surface area contributed by atoms with Crippen LogP contribution in [0.2, 0.25) is 0 Å². The topological polar surface area (TPSA) is 49.9 Å². The molecule has 1 aromatic rings. The summed E-state index contributed by atoms with van der Waals surface area (Å²) < 4.78 is 0.787. The summed E-state index contributed by atoms with van der Waals surface area (Å²) in [5.74, 6) is 6.30. The van der Waals surface area contributed by atoms with E-state index in [1.54, 1.807) is 12.3 Å². The van der Waals surface area contributed by atoms with E-state index >= 15 is 0 Å². The van der Waals surface area contributed by atoms with Crippen LogP contribution in [0.5, 0.6) is 0 Å². The molecule has 0 aromatic carbocycles. The Hall–Kier alpha value is -0.990. The minimum Gasteiger partial charge on any atom is -0.327 e. The lowest BCUT2D eigenvalue weighted by Gasteiger charge is -1.91. The number of nitrogens with one attached hydrogen (secondary N) is 1. The number of carbonyl (C=O) groups is 1. The summed E-state index contributed by atoms with van der Waals surface area (Å²) in [6, 6.07) is 1.67. The molecule has 1 aromatic heterocycles. The maximum Gasteiger partial charge on any atom is 0.263 e. The zero-order valence-electron chi connectivity index (χ0n) is 8.67. The average Bonchev–Trinajstić information content (AvgIpc) is 2.22. The van der Waals surface area contributed by atoms with Gasteiger partial charge < -0.3 is 4.98 Å². The van der Waals surface area contributed by atoms with E-state index < -0.39 is 0 Å². The van der Waals surface area contributed by atoms with Crippen LogP contribution in [-0.2, 0) is 4.79 Å². The number of thioether (sulfide) groups is 1. The molecule has 1 N–H and O–H groups in total. The summed E-state index contributed by atoms with van der Waals surface area (Å²) in [6.45, 7) is 1.52. The predicted molar refractivity (Wildman–Crippen MR) is 69.4 cm³/mol. The summed E-state index contributed by atoms with van der Waals surface area (Å²) in [6.07, 6.45) is 2.16. The van der Waals surface area contributed by atoms with Crippen molar-refractivity contribution in [2.45, 2.75) is 13.3 Å². The number of hydrogen-bond acceptors (Lipinski definition) is 3. The van der Waals surface area contributed by atoms with Crippen LogP contribution in [0.15, 0.2) is 21.5 Å². The lowest BCUT2D eigenvalue weighted by atomic mass is 10.3. The smallest absolute Gasteiger partial charge is 0.263 e. The molecule has 5 heteroatoms. The molecule has 0 amide bonds. The van der Waals surface area contributed by atoms with Crippen LogP contribution in [-0.4, -0.2) is 15.9 Å². The maximum absolute atomic E-state index is 11.3. The number of rotatable bonds is 2. The summed E-state index contributed by atoms with van der Waals surface area (Å²) >= 11 is 4.49. The highest BCUT2D eigenvalue weighted by atomic mass is 79.9. The highest BCUT2D eigenvalue weighted by Crippen LogP contribution is 2.06. The number of hydrogen-bond donors (Lipinski definition) is 1. The van der Waals surface area contributed by atoms with E-state index in [1.165, 1.54) is 18.7 Å². The molecule has 1 rings (SSSR count). The van der Waals surface area contributed by atoms with Gasteiger partial charge in [-0.2, -0.15) is 0 Å². The second-order valence-corrected chi connectivity index (χ2v) is 5.14. The molecule has 0 fully saturated rings. The van der Waals surface area contributed by atoms with Gasteiger partial charge in [0.2, 0.25) is 0 Å². The predicted octanol–water partition coefficient (Wildman–Crippen LogP) is 2.16. The van der Waals surface area contributed by atoms with Crippen LogP contribution in [0, 0.1) is 11.8 Å². The summed E-state index contributed by atoms with van der Waals surface area (Å²) in [5, 5.41) is 0.0853. The van der Waals surface area contributed by atoms with Crippen LogP contribution in [0.4, 0.5) is 0 Å². The monoisotopic (exact) mass is 299 g/mol. The van der Waals surface area contributed by atoms with E-state index in [-0.39, 0.29) is 10.7 Å². The van der Waals surface area contributed by atoms with Gasteiger partial charge in [0.15, 0.2) is 5.12 Å². The highest BCUT2D eigenvalue weighted by Gasteiger charge is 1.96. The standard InChI is InChI=1S/C11H10BrNO2S/c1-8(14)16-5-3-2-4-9-6-10(12)7-13-11(9)15/h6-7H,3,5H2,1H3,(H,13,15). The summed E-state index contributed by atoms with van der Waals surface area (Å²) in [4.78, 5) is 24.5. The quantitative estimate of drug-likeness (QED) is 0.672. The van der Waals surface area contributed by atoms with Gasteiger partial charge >= 0.3 is 0 Å². The van der Waals surface area contributed by atoms with E-state index in [1.807, 2.05) is 0 Å². The van der Waals surface area contributed by atoms with Gasteiger partial charge in [0.1, 0.15) is 0 Å². The second kappa shape index (κ2) is 6.56. The van der Waals surface area contributed by atoms with Crippen LogP contribution >= 0.6 is 27.7 Å². The van der Waals surface area contributed by atoms with Gasteiger partial charge in [0, 0.05) is 29.8 Å². The Morgan fingerprint density at radius 3 is 3.06 bits per heavy atom. The van der Waals surface area contributed by atoms with Crippen molar-refractivity contribution >= 4 is 32.8 Å². The normalized spacial score (nSPS) is 9.38. The number of carbonyl (C=O) groups excluding carboxylic acids is 1. The molecule has 3 nitrogen and oxygen atoms in total.